The Kier molecular flexibility index (Phi) is 6.10. The molecule has 2 aromatic carbocycles. The van der Waals surface area contributed by atoms with E-state index in [1.54, 1.807) is 10.4 Å². The molecule has 4 rings (SSSR count). The maximum atomic E-state index is 13.6. The van der Waals surface area contributed by atoms with Gasteiger partial charge in [-0.05, 0) is 49.6 Å². The summed E-state index contributed by atoms with van der Waals surface area (Å²) in [6.45, 7) is 7.91. The van der Waals surface area contributed by atoms with Crippen molar-refractivity contribution in [1.29, 1.82) is 0 Å². The highest BCUT2D eigenvalue weighted by molar-refractivity contribution is 7.89. The lowest BCUT2D eigenvalue weighted by atomic mass is 10.1. The number of piperazine rings is 1. The predicted octanol–water partition coefficient (Wildman–Crippen LogP) is 4.69. The van der Waals surface area contributed by atoms with Gasteiger partial charge in [0.15, 0.2) is 5.76 Å². The second-order valence-corrected chi connectivity index (χ2v) is 10.2. The molecule has 164 valence electrons. The molecule has 0 amide bonds. The Morgan fingerprint density at radius 2 is 1.77 bits per heavy atom. The predicted molar refractivity (Wildman–Crippen MR) is 123 cm³/mol. The summed E-state index contributed by atoms with van der Waals surface area (Å²) in [4.78, 5) is 2.54. The average Bonchev–Trinajstić information content (AvgIpc) is 3.21. The lowest BCUT2D eigenvalue weighted by Gasteiger charge is -2.36. The van der Waals surface area contributed by atoms with E-state index < -0.39 is 10.0 Å². The van der Waals surface area contributed by atoms with E-state index in [2.05, 4.69) is 10.1 Å². The van der Waals surface area contributed by atoms with Crippen molar-refractivity contribution in [2.45, 2.75) is 32.1 Å². The van der Waals surface area contributed by atoms with E-state index in [4.69, 9.17) is 16.1 Å². The smallest absolute Gasteiger partial charge is 0.243 e. The van der Waals surface area contributed by atoms with Gasteiger partial charge >= 0.3 is 0 Å². The molecule has 1 saturated heterocycles. The summed E-state index contributed by atoms with van der Waals surface area (Å²) in [7, 11) is -3.63. The standard InChI is InChI=1S/C23H26ClN3O3S/c1-4-18-6-7-19(22-13-17(3)25-30-22)14-23(18)31(28,29)27-11-9-26(10-12-27)21-15-20(24)8-5-16(21)2/h5-8,13-15H,4,9-12H2,1-3H3. The molecule has 0 aliphatic carbocycles. The van der Waals surface area contributed by atoms with Gasteiger partial charge in [-0.25, -0.2) is 8.42 Å². The van der Waals surface area contributed by atoms with Crippen LogP contribution >= 0.6 is 11.6 Å². The van der Waals surface area contributed by atoms with Crippen LogP contribution in [0.1, 0.15) is 23.7 Å². The number of halogens is 1. The third kappa shape index (κ3) is 4.35. The molecule has 1 aliphatic heterocycles. The van der Waals surface area contributed by atoms with Gasteiger partial charge in [0.1, 0.15) is 0 Å². The van der Waals surface area contributed by atoms with Crippen LogP contribution in [-0.4, -0.2) is 44.1 Å². The zero-order valence-corrected chi connectivity index (χ0v) is 19.5. The summed E-state index contributed by atoms with van der Waals surface area (Å²) in [5.41, 5.74) is 4.45. The fraction of sp³-hybridized carbons (Fsp3) is 0.348. The van der Waals surface area contributed by atoms with Crippen LogP contribution in [0.4, 0.5) is 5.69 Å². The molecular weight excluding hydrogens is 434 g/mol. The topological polar surface area (TPSA) is 66.7 Å². The first-order valence-corrected chi connectivity index (χ1v) is 12.2. The highest BCUT2D eigenvalue weighted by Crippen LogP contribution is 2.30. The molecule has 0 spiro atoms. The third-order valence-electron chi connectivity index (χ3n) is 5.73. The van der Waals surface area contributed by atoms with Crippen LogP contribution in [0.2, 0.25) is 5.02 Å². The molecule has 2 heterocycles. The van der Waals surface area contributed by atoms with E-state index in [0.717, 1.165) is 22.5 Å². The zero-order valence-electron chi connectivity index (χ0n) is 17.9. The summed E-state index contributed by atoms with van der Waals surface area (Å²) >= 11 is 6.17. The molecule has 3 aromatic rings. The maximum absolute atomic E-state index is 13.6. The first-order chi connectivity index (χ1) is 14.8. The number of hydrogen-bond acceptors (Lipinski definition) is 5. The molecule has 0 saturated carbocycles. The lowest BCUT2D eigenvalue weighted by molar-refractivity contribution is 0.384. The number of aromatic nitrogens is 1. The molecule has 0 N–H and O–H groups in total. The number of anilines is 1. The minimum Gasteiger partial charge on any atom is -0.369 e. The molecule has 6 nitrogen and oxygen atoms in total. The van der Waals surface area contributed by atoms with Crippen LogP contribution in [0.3, 0.4) is 0 Å². The summed E-state index contributed by atoms with van der Waals surface area (Å²) in [6.07, 6.45) is 0.631. The first-order valence-electron chi connectivity index (χ1n) is 10.4. The number of aryl methyl sites for hydroxylation is 3. The minimum absolute atomic E-state index is 0.342. The second kappa shape index (κ2) is 8.65. The fourth-order valence-electron chi connectivity index (χ4n) is 3.97. The van der Waals surface area contributed by atoms with E-state index in [0.29, 0.717) is 53.8 Å². The molecule has 0 atom stereocenters. The van der Waals surface area contributed by atoms with E-state index in [1.165, 1.54) is 0 Å². The molecule has 0 bridgehead atoms. The monoisotopic (exact) mass is 459 g/mol. The maximum Gasteiger partial charge on any atom is 0.243 e. The number of sulfonamides is 1. The van der Waals surface area contributed by atoms with Crippen molar-refractivity contribution in [2.75, 3.05) is 31.1 Å². The SMILES string of the molecule is CCc1ccc(-c2cc(C)no2)cc1S(=O)(=O)N1CCN(c2cc(Cl)ccc2C)CC1. The summed E-state index contributed by atoms with van der Waals surface area (Å²) in [5, 5.41) is 4.60. The Bertz CT molecular complexity index is 1200. The van der Waals surface area contributed by atoms with Gasteiger partial charge in [0.25, 0.3) is 0 Å². The van der Waals surface area contributed by atoms with Crippen molar-refractivity contribution >= 4 is 27.3 Å². The van der Waals surface area contributed by atoms with Crippen molar-refractivity contribution in [3.8, 4) is 11.3 Å². The minimum atomic E-state index is -3.63. The summed E-state index contributed by atoms with van der Waals surface area (Å²) in [6, 6.07) is 13.1. The number of benzene rings is 2. The molecule has 1 aromatic heterocycles. The molecule has 0 radical (unpaired) electrons. The molecule has 1 fully saturated rings. The van der Waals surface area contributed by atoms with Gasteiger partial charge in [0.05, 0.1) is 10.6 Å². The quantitative estimate of drug-likeness (QED) is 0.554. The third-order valence-corrected chi connectivity index (χ3v) is 7.94. The molecule has 1 aliphatic rings. The largest absolute Gasteiger partial charge is 0.369 e. The van der Waals surface area contributed by atoms with Crippen LogP contribution in [-0.2, 0) is 16.4 Å². The van der Waals surface area contributed by atoms with Crippen molar-refractivity contribution < 1.29 is 12.9 Å². The summed E-state index contributed by atoms with van der Waals surface area (Å²) < 4.78 is 34.0. The Morgan fingerprint density at radius 3 is 2.42 bits per heavy atom. The van der Waals surface area contributed by atoms with Gasteiger partial charge in [0, 0.05) is 48.5 Å². The fourth-order valence-corrected chi connectivity index (χ4v) is 5.88. The van der Waals surface area contributed by atoms with Gasteiger partial charge < -0.3 is 9.42 Å². The molecular formula is C23H26ClN3O3S. The van der Waals surface area contributed by atoms with Gasteiger partial charge in [-0.15, -0.1) is 0 Å². The van der Waals surface area contributed by atoms with Crippen molar-refractivity contribution in [2.24, 2.45) is 0 Å². The average molecular weight is 460 g/mol. The van der Waals surface area contributed by atoms with E-state index in [9.17, 15) is 8.42 Å². The Morgan fingerprint density at radius 1 is 1.03 bits per heavy atom. The summed E-state index contributed by atoms with van der Waals surface area (Å²) in [5.74, 6) is 0.567. The normalized spacial score (nSPS) is 15.4. The molecule has 8 heteroatoms. The van der Waals surface area contributed by atoms with Gasteiger partial charge in [0.2, 0.25) is 10.0 Å². The first kappa shape index (κ1) is 21.9. The zero-order chi connectivity index (χ0) is 22.2. The molecule has 0 unspecified atom stereocenters. The Labute approximate surface area is 188 Å². The molecule has 31 heavy (non-hydrogen) atoms. The van der Waals surface area contributed by atoms with Crippen LogP contribution < -0.4 is 4.90 Å². The van der Waals surface area contributed by atoms with Gasteiger partial charge in [-0.3, -0.25) is 0 Å². The van der Waals surface area contributed by atoms with Crippen LogP contribution in [0.25, 0.3) is 11.3 Å². The van der Waals surface area contributed by atoms with Crippen molar-refractivity contribution in [3.63, 3.8) is 0 Å². The Hall–Kier alpha value is -2.35. The number of nitrogens with zero attached hydrogens (tertiary/aromatic N) is 3. The Balaban J connectivity index is 1.60. The van der Waals surface area contributed by atoms with Crippen molar-refractivity contribution in [1.82, 2.24) is 9.46 Å². The number of hydrogen-bond donors (Lipinski definition) is 0. The van der Waals surface area contributed by atoms with E-state index in [1.807, 2.05) is 57.2 Å². The lowest BCUT2D eigenvalue weighted by Crippen LogP contribution is -2.49. The van der Waals surface area contributed by atoms with Crippen LogP contribution in [0.5, 0.6) is 0 Å². The van der Waals surface area contributed by atoms with E-state index in [-0.39, 0.29) is 0 Å². The number of rotatable bonds is 5. The highest BCUT2D eigenvalue weighted by atomic mass is 35.5. The second-order valence-electron chi connectivity index (χ2n) is 7.83. The van der Waals surface area contributed by atoms with Crippen LogP contribution in [0.15, 0.2) is 51.9 Å². The highest BCUT2D eigenvalue weighted by Gasteiger charge is 2.31. The van der Waals surface area contributed by atoms with E-state index >= 15 is 0 Å². The van der Waals surface area contributed by atoms with Crippen molar-refractivity contribution in [3.05, 3.63) is 64.3 Å². The van der Waals surface area contributed by atoms with Gasteiger partial charge in [-0.1, -0.05) is 41.9 Å². The van der Waals surface area contributed by atoms with Crippen LogP contribution in [0, 0.1) is 13.8 Å². The van der Waals surface area contributed by atoms with Gasteiger partial charge in [-0.2, -0.15) is 4.31 Å².